The summed E-state index contributed by atoms with van der Waals surface area (Å²) in [7, 11) is 0. The quantitative estimate of drug-likeness (QED) is 0.384. The first-order valence-corrected chi connectivity index (χ1v) is 12.9. The molecule has 0 aliphatic heterocycles. The average molecular weight is 459 g/mol. The highest BCUT2D eigenvalue weighted by Gasteiger charge is 2.32. The van der Waals surface area contributed by atoms with Crippen LogP contribution in [0.15, 0.2) is 115 Å². The number of nitrogens with zero attached hydrogens (tertiary/aromatic N) is 3. The van der Waals surface area contributed by atoms with Crippen LogP contribution < -0.4 is 15.9 Å². The highest BCUT2D eigenvalue weighted by Crippen LogP contribution is 2.47. The lowest BCUT2D eigenvalue weighted by Crippen LogP contribution is -2.30. The molecule has 4 nitrogen and oxygen atoms in total. The summed E-state index contributed by atoms with van der Waals surface area (Å²) in [4.78, 5) is 4.83. The number of aryl methyl sites for hydroxylation is 1. The summed E-state index contributed by atoms with van der Waals surface area (Å²) < 4.78 is 0. The van der Waals surface area contributed by atoms with Gasteiger partial charge in [-0.25, -0.2) is 4.98 Å². The molecule has 0 saturated carbocycles. The van der Waals surface area contributed by atoms with Gasteiger partial charge in [0.2, 0.25) is 0 Å². The van der Waals surface area contributed by atoms with Crippen molar-refractivity contribution in [3.8, 4) is 17.5 Å². The third-order valence-corrected chi connectivity index (χ3v) is 10.1. The van der Waals surface area contributed by atoms with Crippen molar-refractivity contribution in [2.24, 2.45) is 0 Å². The summed E-state index contributed by atoms with van der Waals surface area (Å²) in [6, 6.07) is 41.5. The smallest absolute Gasteiger partial charge is 0.181 e. The van der Waals surface area contributed by atoms with Gasteiger partial charge in [0, 0.05) is 5.56 Å². The normalized spacial score (nSPS) is 11.1. The highest BCUT2D eigenvalue weighted by molar-refractivity contribution is 7.96. The summed E-state index contributed by atoms with van der Waals surface area (Å²) >= 11 is 0. The molecule has 0 unspecified atom stereocenters. The maximum Gasteiger partial charge on any atom is 0.181 e. The van der Waals surface area contributed by atoms with E-state index >= 15 is 0 Å². The molecule has 4 aromatic carbocycles. The summed E-state index contributed by atoms with van der Waals surface area (Å²) in [5.41, 5.74) is 2.08. The molecule has 1 aromatic heterocycles. The van der Waals surface area contributed by atoms with Gasteiger partial charge in [0.15, 0.2) is 11.6 Å². The van der Waals surface area contributed by atoms with Crippen LogP contribution in [0.4, 0.5) is 0 Å². The molecule has 5 rings (SSSR count). The average Bonchev–Trinajstić information content (AvgIpc) is 3.39. The molecule has 0 spiro atoms. The molecule has 0 atom stereocenters. The molecule has 0 aliphatic rings. The number of hydrogen-bond acceptors (Lipinski definition) is 3. The number of nitriles is 1. The molecule has 1 heterocycles. The Morgan fingerprint density at radius 3 is 1.62 bits per heavy atom. The number of hydrogen-bond donors (Lipinski definition) is 1. The first-order valence-electron chi connectivity index (χ1n) is 11.1. The van der Waals surface area contributed by atoms with Crippen LogP contribution in [-0.4, -0.2) is 20.5 Å². The minimum Gasteiger partial charge on any atom is -0.258 e. The molecule has 164 valence electrons. The number of aromatic nitrogens is 3. The number of rotatable bonds is 5. The van der Waals surface area contributed by atoms with Crippen LogP contribution in [0, 0.1) is 18.3 Å². The predicted octanol–water partition coefficient (Wildman–Crippen LogP) is 4.82. The van der Waals surface area contributed by atoms with Gasteiger partial charge in [-0.2, -0.15) is 10.4 Å². The standard InChI is InChI=1S/C29H23N4P/c1-22-17-19-23(20-18-22)28-31-29(33-32-28)27(21-30)34(24-11-5-2-6-12-24,25-13-7-3-8-14-25)26-15-9-4-10-16-26/h2-20H,1H3,(H,31,32,33). The summed E-state index contributed by atoms with van der Waals surface area (Å²) in [5.74, 6) is 1.08. The van der Waals surface area contributed by atoms with E-state index in [2.05, 4.69) is 52.7 Å². The van der Waals surface area contributed by atoms with Crippen LogP contribution in [0.25, 0.3) is 11.4 Å². The third-order valence-electron chi connectivity index (χ3n) is 5.89. The van der Waals surface area contributed by atoms with Gasteiger partial charge in [-0.05, 0) is 29.7 Å². The maximum atomic E-state index is 10.7. The second kappa shape index (κ2) is 9.35. The molecule has 0 radical (unpaired) electrons. The molecule has 5 aromatic rings. The Morgan fingerprint density at radius 1 is 0.706 bits per heavy atom. The van der Waals surface area contributed by atoms with Gasteiger partial charge in [0.25, 0.3) is 0 Å². The van der Waals surface area contributed by atoms with E-state index in [1.807, 2.05) is 85.8 Å². The van der Waals surface area contributed by atoms with E-state index in [1.54, 1.807) is 0 Å². The van der Waals surface area contributed by atoms with Crippen LogP contribution in [-0.2, 0) is 0 Å². The second-order valence-corrected chi connectivity index (χ2v) is 11.3. The number of H-pyrrole nitrogens is 1. The molecule has 0 amide bonds. The SMILES string of the molecule is Cc1ccc(-c2n[nH]c(C(C#N)=P(c3ccccc3)(c3ccccc3)c3ccccc3)n2)cc1. The fraction of sp³-hybridized carbons (Fsp3) is 0.0345. The van der Waals surface area contributed by atoms with Crippen molar-refractivity contribution in [3.05, 3.63) is 127 Å². The van der Waals surface area contributed by atoms with Crippen LogP contribution in [0.2, 0.25) is 0 Å². The minimum atomic E-state index is -2.55. The van der Waals surface area contributed by atoms with Crippen LogP contribution >= 0.6 is 6.89 Å². The zero-order valence-electron chi connectivity index (χ0n) is 18.8. The molecule has 34 heavy (non-hydrogen) atoms. The first-order chi connectivity index (χ1) is 16.7. The lowest BCUT2D eigenvalue weighted by Gasteiger charge is -2.29. The van der Waals surface area contributed by atoms with E-state index in [0.717, 1.165) is 21.5 Å². The van der Waals surface area contributed by atoms with E-state index in [1.165, 1.54) is 5.56 Å². The number of benzene rings is 4. The van der Waals surface area contributed by atoms with Crippen molar-refractivity contribution < 1.29 is 0 Å². The molecule has 0 bridgehead atoms. The molecule has 1 N–H and O–H groups in total. The van der Waals surface area contributed by atoms with E-state index in [4.69, 9.17) is 4.98 Å². The fourth-order valence-corrected chi connectivity index (χ4v) is 8.37. The van der Waals surface area contributed by atoms with Gasteiger partial charge in [0.05, 0.1) is 0 Å². The Morgan fingerprint density at radius 2 is 1.18 bits per heavy atom. The summed E-state index contributed by atoms with van der Waals surface area (Å²) in [5, 5.41) is 22.1. The molecule has 0 fully saturated rings. The van der Waals surface area contributed by atoms with Gasteiger partial charge in [-0.15, -0.1) is 0 Å². The molecule has 0 aliphatic carbocycles. The number of nitrogens with one attached hydrogen (secondary N) is 1. The van der Waals surface area contributed by atoms with Crippen molar-refractivity contribution >= 4 is 28.1 Å². The Balaban J connectivity index is 1.88. The van der Waals surface area contributed by atoms with Crippen LogP contribution in [0.5, 0.6) is 0 Å². The van der Waals surface area contributed by atoms with E-state index < -0.39 is 6.89 Å². The zero-order valence-corrected chi connectivity index (χ0v) is 19.7. The second-order valence-electron chi connectivity index (χ2n) is 8.01. The molecular weight excluding hydrogens is 435 g/mol. The minimum absolute atomic E-state index is 0.503. The third kappa shape index (κ3) is 3.77. The first kappa shape index (κ1) is 21.6. The predicted molar refractivity (Wildman–Crippen MR) is 141 cm³/mol. The fourth-order valence-electron chi connectivity index (χ4n) is 4.28. The Hall–Kier alpha value is -4.19. The van der Waals surface area contributed by atoms with Crippen molar-refractivity contribution in [2.45, 2.75) is 6.92 Å². The lowest BCUT2D eigenvalue weighted by atomic mass is 10.1. The van der Waals surface area contributed by atoms with Gasteiger partial charge in [-0.1, -0.05) is 121 Å². The molecule has 0 saturated heterocycles. The summed E-state index contributed by atoms with van der Waals surface area (Å²) in [6.45, 7) is -0.501. The highest BCUT2D eigenvalue weighted by atomic mass is 31.2. The van der Waals surface area contributed by atoms with Crippen LogP contribution in [0.3, 0.4) is 0 Å². The molecule has 5 heteroatoms. The van der Waals surface area contributed by atoms with Gasteiger partial charge < -0.3 is 0 Å². The monoisotopic (exact) mass is 458 g/mol. The van der Waals surface area contributed by atoms with E-state index in [-0.39, 0.29) is 0 Å². The van der Waals surface area contributed by atoms with Crippen LogP contribution in [0.1, 0.15) is 11.4 Å². The number of aromatic amines is 1. The Kier molecular flexibility index (Phi) is 5.95. The summed E-state index contributed by atoms with van der Waals surface area (Å²) in [6.07, 6.45) is 0. The van der Waals surface area contributed by atoms with Crippen molar-refractivity contribution in [1.82, 2.24) is 15.2 Å². The maximum absolute atomic E-state index is 10.7. The van der Waals surface area contributed by atoms with E-state index in [0.29, 0.717) is 16.9 Å². The van der Waals surface area contributed by atoms with E-state index in [9.17, 15) is 5.26 Å². The van der Waals surface area contributed by atoms with Gasteiger partial charge in [-0.3, -0.25) is 5.10 Å². The lowest BCUT2D eigenvalue weighted by molar-refractivity contribution is 1.09. The van der Waals surface area contributed by atoms with Crippen molar-refractivity contribution in [1.29, 1.82) is 5.26 Å². The Bertz CT molecular complexity index is 1390. The topological polar surface area (TPSA) is 65.4 Å². The Labute approximate surface area is 199 Å². The van der Waals surface area contributed by atoms with Crippen molar-refractivity contribution in [2.75, 3.05) is 0 Å². The van der Waals surface area contributed by atoms with Crippen molar-refractivity contribution in [3.63, 3.8) is 0 Å². The largest absolute Gasteiger partial charge is 0.258 e. The zero-order chi connectivity index (χ0) is 23.4. The van der Waals surface area contributed by atoms with Gasteiger partial charge >= 0.3 is 0 Å². The van der Waals surface area contributed by atoms with Gasteiger partial charge in [0.1, 0.15) is 11.4 Å². The molecular formula is C29H23N4P.